The number of ether oxygens (including phenoxy) is 1. The van der Waals surface area contributed by atoms with Crippen LogP contribution in [0.25, 0.3) is 26.4 Å². The summed E-state index contributed by atoms with van der Waals surface area (Å²) in [5.74, 6) is 0.674. The van der Waals surface area contributed by atoms with E-state index in [1.165, 1.54) is 15.8 Å². The molecule has 0 aliphatic rings. The first-order chi connectivity index (χ1) is 12.2. The molecule has 0 unspecified atom stereocenters. The van der Waals surface area contributed by atoms with Crippen LogP contribution in [0.1, 0.15) is 19.4 Å². The number of rotatable bonds is 4. The van der Waals surface area contributed by atoms with Crippen LogP contribution in [0.15, 0.2) is 48.7 Å². The molecule has 4 aromatic rings. The highest BCUT2D eigenvalue weighted by atomic mass is 32.1. The predicted molar refractivity (Wildman–Crippen MR) is 104 cm³/mol. The molecule has 2 aromatic carbocycles. The number of imidazole rings is 1. The van der Waals surface area contributed by atoms with Crippen molar-refractivity contribution in [2.75, 3.05) is 13.3 Å². The number of hydrogen-bond donors (Lipinski definition) is 0. The van der Waals surface area contributed by atoms with Gasteiger partial charge < -0.3 is 4.74 Å². The van der Waals surface area contributed by atoms with Crippen LogP contribution in [-0.2, 0) is 0 Å². The minimum Gasteiger partial charge on any atom is -0.491 e. The molecule has 0 spiro atoms. The topological polar surface area (TPSA) is 26.5 Å². The van der Waals surface area contributed by atoms with Crippen LogP contribution in [0.4, 0.5) is 4.39 Å². The van der Waals surface area contributed by atoms with Crippen LogP contribution in [0, 0.1) is 6.92 Å². The lowest BCUT2D eigenvalue weighted by Gasteiger charge is -2.03. The Morgan fingerprint density at radius 3 is 2.60 bits per heavy atom. The number of fused-ring (bicyclic) bond motifs is 3. The Morgan fingerprint density at radius 2 is 1.88 bits per heavy atom. The summed E-state index contributed by atoms with van der Waals surface area (Å²) in [5, 5.41) is 0. The van der Waals surface area contributed by atoms with Crippen molar-refractivity contribution in [2.45, 2.75) is 20.8 Å². The Balaban J connectivity index is 0.000000880. The molecule has 0 fully saturated rings. The summed E-state index contributed by atoms with van der Waals surface area (Å²) in [6.45, 7) is 5.70. The lowest BCUT2D eigenvalue weighted by atomic mass is 10.1. The fourth-order valence-corrected chi connectivity index (χ4v) is 3.73. The van der Waals surface area contributed by atoms with Gasteiger partial charge in [-0.05, 0) is 48.9 Å². The third-order valence-corrected chi connectivity index (χ3v) is 4.76. The molecule has 0 bridgehead atoms. The second-order valence-corrected chi connectivity index (χ2v) is 6.42. The van der Waals surface area contributed by atoms with Crippen molar-refractivity contribution >= 4 is 26.5 Å². The van der Waals surface area contributed by atoms with E-state index < -0.39 is 6.67 Å². The highest BCUT2D eigenvalue weighted by Gasteiger charge is 2.10. The first-order valence-corrected chi connectivity index (χ1v) is 9.24. The molecule has 2 heterocycles. The van der Waals surface area contributed by atoms with Crippen molar-refractivity contribution in [3.8, 4) is 17.0 Å². The van der Waals surface area contributed by atoms with E-state index >= 15 is 0 Å². The maximum absolute atomic E-state index is 12.1. The lowest BCUT2D eigenvalue weighted by molar-refractivity contribution is 0.273. The molecule has 0 radical (unpaired) electrons. The monoisotopic (exact) mass is 356 g/mol. The third-order valence-electron chi connectivity index (χ3n) is 3.75. The Hall–Kier alpha value is -2.40. The molecule has 0 saturated heterocycles. The molecule has 25 heavy (non-hydrogen) atoms. The number of aromatic nitrogens is 2. The van der Waals surface area contributed by atoms with Crippen LogP contribution < -0.4 is 4.74 Å². The van der Waals surface area contributed by atoms with Crippen molar-refractivity contribution in [2.24, 2.45) is 0 Å². The van der Waals surface area contributed by atoms with Gasteiger partial charge in [0, 0.05) is 11.8 Å². The summed E-state index contributed by atoms with van der Waals surface area (Å²) in [7, 11) is 0. The molecule has 4 rings (SSSR count). The molecule has 130 valence electrons. The van der Waals surface area contributed by atoms with E-state index in [1.54, 1.807) is 11.3 Å². The average Bonchev–Trinajstić information content (AvgIpc) is 3.19. The van der Waals surface area contributed by atoms with Crippen molar-refractivity contribution in [1.82, 2.24) is 9.38 Å². The minimum absolute atomic E-state index is 0.0883. The van der Waals surface area contributed by atoms with Crippen LogP contribution in [-0.4, -0.2) is 22.7 Å². The Kier molecular flexibility index (Phi) is 5.34. The van der Waals surface area contributed by atoms with Gasteiger partial charge in [0.2, 0.25) is 0 Å². The number of hydrogen-bond acceptors (Lipinski definition) is 3. The quantitative estimate of drug-likeness (QED) is 0.455. The molecule has 5 heteroatoms. The zero-order valence-corrected chi connectivity index (χ0v) is 15.4. The fraction of sp³-hybridized carbons (Fsp3) is 0.250. The van der Waals surface area contributed by atoms with Crippen LogP contribution in [0.2, 0.25) is 0 Å². The number of thiazole rings is 1. The van der Waals surface area contributed by atoms with Gasteiger partial charge in [-0.1, -0.05) is 31.3 Å². The van der Waals surface area contributed by atoms with Gasteiger partial charge in [-0.25, -0.2) is 9.37 Å². The second-order valence-electron chi connectivity index (χ2n) is 5.41. The van der Waals surface area contributed by atoms with Gasteiger partial charge in [0.25, 0.3) is 0 Å². The van der Waals surface area contributed by atoms with Gasteiger partial charge in [0.15, 0.2) is 4.96 Å². The summed E-state index contributed by atoms with van der Waals surface area (Å²) in [6, 6.07) is 14.0. The van der Waals surface area contributed by atoms with E-state index in [-0.39, 0.29) is 6.61 Å². The van der Waals surface area contributed by atoms with Crippen molar-refractivity contribution in [3.05, 3.63) is 54.2 Å². The van der Waals surface area contributed by atoms with Crippen molar-refractivity contribution < 1.29 is 9.13 Å². The van der Waals surface area contributed by atoms with E-state index in [9.17, 15) is 4.39 Å². The molecule has 0 amide bonds. The maximum atomic E-state index is 12.1. The summed E-state index contributed by atoms with van der Waals surface area (Å²) >= 11 is 1.69. The molecular formula is C20H21FN2OS. The van der Waals surface area contributed by atoms with E-state index in [0.717, 1.165) is 16.2 Å². The average molecular weight is 356 g/mol. The molecule has 2 aromatic heterocycles. The molecule has 0 N–H and O–H groups in total. The molecule has 3 nitrogen and oxygen atoms in total. The standard InChI is InChI=1S/C18H15FN2OS.C2H6/c1-12-2-7-16-17(10-12)23-18-20-15(11-21(16)18)13-3-5-14(6-4-13)22-9-8-19;1-2/h2-7,10-11H,8-9H2,1H3;1-2H3. The smallest absolute Gasteiger partial charge is 0.195 e. The SMILES string of the molecule is CC.Cc1ccc2c(c1)sc1nc(-c3ccc(OCCF)cc3)cn12. The van der Waals surface area contributed by atoms with Crippen molar-refractivity contribution in [1.29, 1.82) is 0 Å². The predicted octanol–water partition coefficient (Wildman–Crippen LogP) is 5.90. The van der Waals surface area contributed by atoms with E-state index in [2.05, 4.69) is 35.7 Å². The molecule has 0 aliphatic carbocycles. The maximum Gasteiger partial charge on any atom is 0.195 e. The Labute approximate surface area is 150 Å². The second kappa shape index (κ2) is 7.66. The normalized spacial score (nSPS) is 10.7. The summed E-state index contributed by atoms with van der Waals surface area (Å²) in [4.78, 5) is 5.71. The van der Waals surface area contributed by atoms with Gasteiger partial charge >= 0.3 is 0 Å². The highest BCUT2D eigenvalue weighted by molar-refractivity contribution is 7.23. The summed E-state index contributed by atoms with van der Waals surface area (Å²) in [5.41, 5.74) is 4.38. The first kappa shape index (κ1) is 17.4. The van der Waals surface area contributed by atoms with Gasteiger partial charge in [-0.3, -0.25) is 4.40 Å². The summed E-state index contributed by atoms with van der Waals surface area (Å²) in [6.07, 6.45) is 2.06. The number of benzene rings is 2. The Morgan fingerprint density at radius 1 is 1.12 bits per heavy atom. The van der Waals surface area contributed by atoms with E-state index in [4.69, 9.17) is 9.72 Å². The highest BCUT2D eigenvalue weighted by Crippen LogP contribution is 2.30. The first-order valence-electron chi connectivity index (χ1n) is 8.42. The number of halogens is 1. The van der Waals surface area contributed by atoms with Crippen LogP contribution >= 0.6 is 11.3 Å². The zero-order valence-electron chi connectivity index (χ0n) is 14.6. The number of nitrogens with zero attached hydrogens (tertiary/aromatic N) is 2. The van der Waals surface area contributed by atoms with Crippen LogP contribution in [0.5, 0.6) is 5.75 Å². The van der Waals surface area contributed by atoms with Crippen LogP contribution in [0.3, 0.4) is 0 Å². The van der Waals surface area contributed by atoms with Crippen molar-refractivity contribution in [3.63, 3.8) is 0 Å². The summed E-state index contributed by atoms with van der Waals surface area (Å²) < 4.78 is 20.8. The van der Waals surface area contributed by atoms with Gasteiger partial charge in [-0.15, -0.1) is 0 Å². The molecule has 0 saturated carbocycles. The van der Waals surface area contributed by atoms with Gasteiger partial charge in [0.05, 0.1) is 15.9 Å². The van der Waals surface area contributed by atoms with Gasteiger partial charge in [-0.2, -0.15) is 0 Å². The zero-order chi connectivity index (χ0) is 17.8. The molecule has 0 aliphatic heterocycles. The fourth-order valence-electron chi connectivity index (χ4n) is 2.63. The third kappa shape index (κ3) is 3.51. The number of alkyl halides is 1. The lowest BCUT2D eigenvalue weighted by Crippen LogP contribution is -1.98. The minimum atomic E-state index is -0.481. The largest absolute Gasteiger partial charge is 0.491 e. The van der Waals surface area contributed by atoms with E-state index in [1.807, 2.05) is 38.1 Å². The van der Waals surface area contributed by atoms with Gasteiger partial charge in [0.1, 0.15) is 19.0 Å². The molecule has 0 atom stereocenters. The van der Waals surface area contributed by atoms with E-state index in [0.29, 0.717) is 5.75 Å². The molecular weight excluding hydrogens is 335 g/mol. The number of aryl methyl sites for hydroxylation is 1. The Bertz CT molecular complexity index is 973.